The van der Waals surface area contributed by atoms with Gasteiger partial charge >= 0.3 is 11.2 Å². The third-order valence-electron chi connectivity index (χ3n) is 5.30. The van der Waals surface area contributed by atoms with Crippen LogP contribution in [0.1, 0.15) is 39.2 Å². The van der Waals surface area contributed by atoms with Gasteiger partial charge in [0.05, 0.1) is 36.0 Å². The third-order valence-corrected chi connectivity index (χ3v) is 6.81. The number of imidazole rings is 1. The molecule has 0 aliphatic carbocycles. The van der Waals surface area contributed by atoms with E-state index in [1.54, 1.807) is 43.3 Å². The van der Waals surface area contributed by atoms with Crippen molar-refractivity contribution in [2.24, 2.45) is 11.8 Å². The quantitative estimate of drug-likeness (QED) is 0.206. The number of hydrogen-bond acceptors (Lipinski definition) is 6. The smallest absolute Gasteiger partial charge is 0.358 e. The Labute approximate surface area is 214 Å². The molecule has 0 fully saturated rings. The number of Topliss-reactive ketones (excluding diaryl/α,β-unsaturated/α-hetero) is 1. The van der Waals surface area contributed by atoms with Crippen LogP contribution in [-0.2, 0) is 14.3 Å². The van der Waals surface area contributed by atoms with Crippen molar-refractivity contribution in [2.45, 2.75) is 44.0 Å². The topological polar surface area (TPSA) is 85.0 Å². The highest BCUT2D eigenvalue weighted by Crippen LogP contribution is 2.41. The van der Waals surface area contributed by atoms with Gasteiger partial charge in [-0.3, -0.25) is 14.2 Å². The summed E-state index contributed by atoms with van der Waals surface area (Å²) in [5, 5.41) is 6.82. The van der Waals surface area contributed by atoms with E-state index in [2.05, 4.69) is 27.0 Å². The van der Waals surface area contributed by atoms with Gasteiger partial charge in [-0.2, -0.15) is 14.0 Å². The van der Waals surface area contributed by atoms with Crippen LogP contribution in [-0.4, -0.2) is 33.2 Å². The minimum absolute atomic E-state index is 0.0226. The van der Waals surface area contributed by atoms with Crippen LogP contribution in [0.25, 0.3) is 16.5 Å². The largest absolute Gasteiger partial charge is 0.466 e. The molecule has 6 nitrogen and oxygen atoms in total. The maximum Gasteiger partial charge on any atom is 0.358 e. The second-order valence-electron chi connectivity index (χ2n) is 8.31. The van der Waals surface area contributed by atoms with E-state index >= 15 is 8.78 Å². The first-order valence-electron chi connectivity index (χ1n) is 11.0. The van der Waals surface area contributed by atoms with Gasteiger partial charge < -0.3 is 4.74 Å². The number of carbonyl (C=O) groups is 2. The molecule has 3 aromatic rings. The highest BCUT2D eigenvalue weighted by Gasteiger charge is 2.43. The van der Waals surface area contributed by atoms with E-state index in [-0.39, 0.29) is 35.9 Å². The molecule has 0 spiro atoms. The minimum Gasteiger partial charge on any atom is -0.466 e. The molecule has 1 heterocycles. The fraction of sp³-hybridized carbons (Fsp3) is 0.360. The summed E-state index contributed by atoms with van der Waals surface area (Å²) in [4.78, 5) is 29.0. The molecular weight excluding hydrogens is 540 g/mol. The highest BCUT2D eigenvalue weighted by molar-refractivity contribution is 9.10. The number of ether oxygens (including phenoxy) is 1. The Morgan fingerprint density at radius 1 is 1.23 bits per heavy atom. The summed E-state index contributed by atoms with van der Waals surface area (Å²) in [6.45, 7) is 5.43. The molecule has 0 aliphatic heterocycles. The Hall–Kier alpha value is -2.77. The fourth-order valence-corrected chi connectivity index (χ4v) is 5.19. The number of hydrogen-bond donors (Lipinski definition) is 0. The predicted octanol–water partition coefficient (Wildman–Crippen LogP) is 6.53. The van der Waals surface area contributed by atoms with E-state index in [9.17, 15) is 14.9 Å². The molecule has 1 atom stereocenters. The molecule has 2 aromatic carbocycles. The Bertz CT molecular complexity index is 1290. The molecule has 184 valence electrons. The zero-order valence-corrected chi connectivity index (χ0v) is 21.8. The number of alkyl halides is 2. The van der Waals surface area contributed by atoms with E-state index in [4.69, 9.17) is 4.74 Å². The van der Waals surface area contributed by atoms with E-state index in [1.165, 1.54) is 10.8 Å². The first-order chi connectivity index (χ1) is 16.6. The minimum atomic E-state index is -3.83. The molecule has 0 bridgehead atoms. The van der Waals surface area contributed by atoms with E-state index in [1.807, 2.05) is 13.8 Å². The molecule has 0 aliphatic rings. The van der Waals surface area contributed by atoms with E-state index in [0.29, 0.717) is 26.6 Å². The number of aromatic nitrogens is 2. The van der Waals surface area contributed by atoms with Crippen molar-refractivity contribution in [1.29, 1.82) is 5.26 Å². The van der Waals surface area contributed by atoms with Gasteiger partial charge in [0.15, 0.2) is 5.16 Å². The number of halogens is 3. The zero-order chi connectivity index (χ0) is 25.8. The normalized spacial score (nSPS) is 12.5. The van der Waals surface area contributed by atoms with Gasteiger partial charge in [-0.05, 0) is 59.1 Å². The summed E-state index contributed by atoms with van der Waals surface area (Å²) in [7, 11) is 0. The van der Waals surface area contributed by atoms with Crippen LogP contribution in [0.2, 0.25) is 0 Å². The summed E-state index contributed by atoms with van der Waals surface area (Å²) >= 11 is 3.38. The van der Waals surface area contributed by atoms with Crippen molar-refractivity contribution in [3.63, 3.8) is 0 Å². The van der Waals surface area contributed by atoms with E-state index < -0.39 is 29.3 Å². The molecule has 0 saturated heterocycles. The number of carbonyl (C=O) groups excluding carboxylic acids is 2. The van der Waals surface area contributed by atoms with Crippen LogP contribution in [0, 0.1) is 23.2 Å². The first kappa shape index (κ1) is 26.8. The summed E-state index contributed by atoms with van der Waals surface area (Å²) in [6, 6.07) is 12.5. The summed E-state index contributed by atoms with van der Waals surface area (Å²) in [5.74, 6) is -2.93. The zero-order valence-electron chi connectivity index (χ0n) is 19.4. The van der Waals surface area contributed by atoms with Gasteiger partial charge in [0, 0.05) is 17.2 Å². The van der Waals surface area contributed by atoms with Gasteiger partial charge in [-0.15, -0.1) is 0 Å². The number of nitriles is 1. The number of nitrogens with zero attached hydrogens (tertiary/aromatic N) is 3. The lowest BCUT2D eigenvalue weighted by molar-refractivity contribution is -0.151. The standard InChI is InChI=1S/C25H24BrF2N3O3S/c1-4-34-23(33)17(11-15(2)3)12-21(32)25(27,28)35-24-30-14-22(26)31(24)20-10-9-16(13-29)18-7-5-6-8-19(18)20/h5-10,14-15,17H,4,11-12H2,1-3H3. The molecule has 0 amide bonds. The molecule has 10 heteroatoms. The van der Waals surface area contributed by atoms with Crippen molar-refractivity contribution in [3.05, 3.63) is 52.8 Å². The number of rotatable bonds is 10. The molecule has 3 rings (SSSR count). The monoisotopic (exact) mass is 563 g/mol. The van der Waals surface area contributed by atoms with Crippen LogP contribution in [0.3, 0.4) is 0 Å². The van der Waals surface area contributed by atoms with E-state index in [0.717, 1.165) is 0 Å². The molecule has 0 saturated carbocycles. The van der Waals surface area contributed by atoms with Crippen molar-refractivity contribution in [3.8, 4) is 11.8 Å². The number of benzene rings is 2. The summed E-state index contributed by atoms with van der Waals surface area (Å²) in [5.41, 5.74) is 0.976. The van der Waals surface area contributed by atoms with Crippen LogP contribution >= 0.6 is 27.7 Å². The lowest BCUT2D eigenvalue weighted by Crippen LogP contribution is -2.31. The van der Waals surface area contributed by atoms with Crippen LogP contribution in [0.15, 0.2) is 52.4 Å². The number of esters is 1. The first-order valence-corrected chi connectivity index (χ1v) is 12.6. The fourth-order valence-electron chi connectivity index (χ4n) is 3.79. The maximum atomic E-state index is 15.1. The summed E-state index contributed by atoms with van der Waals surface area (Å²) < 4.78 is 37.1. The Morgan fingerprint density at radius 3 is 2.54 bits per heavy atom. The highest BCUT2D eigenvalue weighted by atomic mass is 79.9. The SMILES string of the molecule is CCOC(=O)C(CC(=O)C(F)(F)Sc1ncc(Br)n1-c1ccc(C#N)c2ccccc12)CC(C)C. The van der Waals surface area contributed by atoms with Gasteiger partial charge in [0.1, 0.15) is 4.60 Å². The van der Waals surface area contributed by atoms with Crippen LogP contribution in [0.5, 0.6) is 0 Å². The molecule has 35 heavy (non-hydrogen) atoms. The van der Waals surface area contributed by atoms with Crippen molar-refractivity contribution < 1.29 is 23.1 Å². The molecule has 1 aromatic heterocycles. The average Bonchev–Trinajstić information content (AvgIpc) is 3.16. The van der Waals surface area contributed by atoms with Crippen molar-refractivity contribution in [2.75, 3.05) is 6.61 Å². The molecule has 0 N–H and O–H groups in total. The molecular formula is C25H24BrF2N3O3S. The van der Waals surface area contributed by atoms with Crippen molar-refractivity contribution in [1.82, 2.24) is 9.55 Å². The van der Waals surface area contributed by atoms with Gasteiger partial charge in [0.25, 0.3) is 0 Å². The second kappa shape index (κ2) is 11.3. The average molecular weight is 564 g/mol. The van der Waals surface area contributed by atoms with Gasteiger partial charge in [-0.1, -0.05) is 38.1 Å². The molecule has 0 radical (unpaired) electrons. The number of ketones is 1. The Balaban J connectivity index is 1.94. The second-order valence-corrected chi connectivity index (χ2v) is 10.2. The lowest BCUT2D eigenvalue weighted by Gasteiger charge is -2.20. The Morgan fingerprint density at radius 2 is 1.91 bits per heavy atom. The van der Waals surface area contributed by atoms with Gasteiger partial charge in [-0.25, -0.2) is 4.98 Å². The lowest BCUT2D eigenvalue weighted by atomic mass is 9.92. The van der Waals surface area contributed by atoms with Gasteiger partial charge in [0.2, 0.25) is 5.78 Å². The van der Waals surface area contributed by atoms with Crippen LogP contribution in [0.4, 0.5) is 8.78 Å². The summed E-state index contributed by atoms with van der Waals surface area (Å²) in [6.07, 6.45) is 1.01. The third kappa shape index (κ3) is 6.08. The molecule has 1 unspecified atom stereocenters. The van der Waals surface area contributed by atoms with Crippen molar-refractivity contribution >= 4 is 50.2 Å². The maximum absolute atomic E-state index is 15.1. The predicted molar refractivity (Wildman–Crippen MR) is 133 cm³/mol. The number of fused-ring (bicyclic) bond motifs is 1. The number of thioether (sulfide) groups is 1. The Kier molecular flexibility index (Phi) is 8.67. The van der Waals surface area contributed by atoms with Crippen LogP contribution < -0.4 is 0 Å².